The molecule has 2 saturated heterocycles. The van der Waals surface area contributed by atoms with Crippen LogP contribution in [0.15, 0.2) is 0 Å². The van der Waals surface area contributed by atoms with Crippen LogP contribution in [0.3, 0.4) is 0 Å². The first-order valence-electron chi connectivity index (χ1n) is 7.41. The Morgan fingerprint density at radius 1 is 1.28 bits per heavy atom. The molecule has 0 saturated carbocycles. The lowest BCUT2D eigenvalue weighted by atomic mass is 10.0. The van der Waals surface area contributed by atoms with Crippen LogP contribution in [-0.2, 0) is 4.74 Å². The fourth-order valence-corrected chi connectivity index (χ4v) is 3.50. The molecule has 0 aromatic rings. The van der Waals surface area contributed by atoms with Gasteiger partial charge in [-0.05, 0) is 46.7 Å². The van der Waals surface area contributed by atoms with Crippen molar-refractivity contribution in [3.8, 4) is 0 Å². The number of ether oxygens (including phenoxy) is 1. The van der Waals surface area contributed by atoms with Gasteiger partial charge in [0.05, 0.1) is 12.2 Å². The van der Waals surface area contributed by atoms with E-state index >= 15 is 0 Å². The topological polar surface area (TPSA) is 41.7 Å². The standard InChI is InChI=1S/C14H29N3O/c1-11-10-16(3)7-4-8-17(11)13(9-15)14-6-5-12(2)18-14/h11-14H,4-10,15H2,1-3H3. The van der Waals surface area contributed by atoms with Crippen LogP contribution in [0, 0.1) is 0 Å². The van der Waals surface area contributed by atoms with Crippen LogP contribution in [0.25, 0.3) is 0 Å². The molecular weight excluding hydrogens is 226 g/mol. The predicted molar refractivity (Wildman–Crippen MR) is 74.7 cm³/mol. The highest BCUT2D eigenvalue weighted by Gasteiger charge is 2.35. The fourth-order valence-electron chi connectivity index (χ4n) is 3.50. The molecule has 0 aromatic carbocycles. The molecule has 2 rings (SSSR count). The summed E-state index contributed by atoms with van der Waals surface area (Å²) >= 11 is 0. The van der Waals surface area contributed by atoms with Crippen LogP contribution >= 0.6 is 0 Å². The first-order chi connectivity index (χ1) is 8.61. The molecular formula is C14H29N3O. The fraction of sp³-hybridized carbons (Fsp3) is 1.00. The predicted octanol–water partition coefficient (Wildman–Crippen LogP) is 0.907. The second-order valence-electron chi connectivity index (χ2n) is 6.07. The highest BCUT2D eigenvalue weighted by Crippen LogP contribution is 2.26. The van der Waals surface area contributed by atoms with E-state index in [1.165, 1.54) is 25.8 Å². The average molecular weight is 255 g/mol. The Hall–Kier alpha value is -0.160. The van der Waals surface area contributed by atoms with Crippen LogP contribution in [0.2, 0.25) is 0 Å². The maximum Gasteiger partial charge on any atom is 0.0747 e. The van der Waals surface area contributed by atoms with E-state index in [0.29, 0.717) is 30.8 Å². The summed E-state index contributed by atoms with van der Waals surface area (Å²) in [7, 11) is 2.21. The molecule has 0 aliphatic carbocycles. The zero-order chi connectivity index (χ0) is 13.1. The van der Waals surface area contributed by atoms with Crippen LogP contribution < -0.4 is 5.73 Å². The normalized spacial score (nSPS) is 37.7. The molecule has 18 heavy (non-hydrogen) atoms. The molecule has 0 amide bonds. The zero-order valence-corrected chi connectivity index (χ0v) is 12.1. The molecule has 106 valence electrons. The summed E-state index contributed by atoms with van der Waals surface area (Å²) in [5.74, 6) is 0. The zero-order valence-electron chi connectivity index (χ0n) is 12.1. The minimum absolute atomic E-state index is 0.343. The Bertz CT molecular complexity index is 261. The highest BCUT2D eigenvalue weighted by atomic mass is 16.5. The van der Waals surface area contributed by atoms with E-state index in [0.717, 1.165) is 13.1 Å². The van der Waals surface area contributed by atoms with E-state index in [9.17, 15) is 0 Å². The Morgan fingerprint density at radius 3 is 2.67 bits per heavy atom. The SMILES string of the molecule is CC1CCC(C(CN)N2CCCN(C)CC2C)O1. The van der Waals surface area contributed by atoms with Crippen molar-refractivity contribution in [1.82, 2.24) is 9.80 Å². The summed E-state index contributed by atoms with van der Waals surface area (Å²) in [6.45, 7) is 8.70. The number of rotatable bonds is 3. The summed E-state index contributed by atoms with van der Waals surface area (Å²) in [4.78, 5) is 5.02. The van der Waals surface area contributed by atoms with E-state index in [1.807, 2.05) is 0 Å². The molecule has 2 aliphatic heterocycles. The van der Waals surface area contributed by atoms with Gasteiger partial charge in [0.2, 0.25) is 0 Å². The summed E-state index contributed by atoms with van der Waals surface area (Å²) in [5.41, 5.74) is 6.04. The van der Waals surface area contributed by atoms with Crippen molar-refractivity contribution >= 4 is 0 Å². The second-order valence-corrected chi connectivity index (χ2v) is 6.07. The van der Waals surface area contributed by atoms with Gasteiger partial charge in [-0.25, -0.2) is 0 Å². The minimum Gasteiger partial charge on any atom is -0.374 e. The number of hydrogen-bond acceptors (Lipinski definition) is 4. The lowest BCUT2D eigenvalue weighted by molar-refractivity contribution is -0.0145. The van der Waals surface area contributed by atoms with E-state index in [1.54, 1.807) is 0 Å². The first-order valence-corrected chi connectivity index (χ1v) is 7.41. The van der Waals surface area contributed by atoms with E-state index < -0.39 is 0 Å². The van der Waals surface area contributed by atoms with Gasteiger partial charge in [0.25, 0.3) is 0 Å². The van der Waals surface area contributed by atoms with Gasteiger partial charge >= 0.3 is 0 Å². The van der Waals surface area contributed by atoms with Gasteiger partial charge in [-0.3, -0.25) is 4.90 Å². The van der Waals surface area contributed by atoms with Crippen molar-refractivity contribution in [3.05, 3.63) is 0 Å². The van der Waals surface area contributed by atoms with Crippen LogP contribution in [0.4, 0.5) is 0 Å². The number of nitrogens with two attached hydrogens (primary N) is 1. The molecule has 0 spiro atoms. The summed E-state index contributed by atoms with van der Waals surface area (Å²) in [6, 6.07) is 0.974. The van der Waals surface area contributed by atoms with Crippen molar-refractivity contribution in [2.24, 2.45) is 5.73 Å². The maximum absolute atomic E-state index is 6.05. The summed E-state index contributed by atoms with van der Waals surface area (Å²) < 4.78 is 6.05. The van der Waals surface area contributed by atoms with Crippen molar-refractivity contribution in [2.45, 2.75) is 57.4 Å². The third-order valence-corrected chi connectivity index (χ3v) is 4.46. The number of hydrogen-bond donors (Lipinski definition) is 1. The molecule has 4 nitrogen and oxygen atoms in total. The quantitative estimate of drug-likeness (QED) is 0.814. The summed E-state index contributed by atoms with van der Waals surface area (Å²) in [6.07, 6.45) is 4.34. The average Bonchev–Trinajstić information content (AvgIpc) is 2.67. The van der Waals surface area contributed by atoms with E-state index in [4.69, 9.17) is 10.5 Å². The Morgan fingerprint density at radius 2 is 2.06 bits per heavy atom. The number of nitrogens with zero attached hydrogens (tertiary/aromatic N) is 2. The Balaban J connectivity index is 2.01. The Kier molecular flexibility index (Phi) is 5.01. The minimum atomic E-state index is 0.343. The molecule has 4 atom stereocenters. The molecule has 4 heteroatoms. The van der Waals surface area contributed by atoms with Crippen molar-refractivity contribution in [3.63, 3.8) is 0 Å². The first kappa shape index (κ1) is 14.3. The van der Waals surface area contributed by atoms with Gasteiger partial charge in [0.1, 0.15) is 0 Å². The van der Waals surface area contributed by atoms with Crippen molar-refractivity contribution in [2.75, 3.05) is 33.2 Å². The Labute approximate surface area is 111 Å². The molecule has 2 heterocycles. The molecule has 0 bridgehead atoms. The largest absolute Gasteiger partial charge is 0.374 e. The smallest absolute Gasteiger partial charge is 0.0747 e. The summed E-state index contributed by atoms with van der Waals surface area (Å²) in [5, 5.41) is 0. The molecule has 2 aliphatic rings. The van der Waals surface area contributed by atoms with Crippen LogP contribution in [0.1, 0.15) is 33.1 Å². The number of likely N-dealkylation sites (N-methyl/N-ethyl adjacent to an activating group) is 1. The molecule has 2 fully saturated rings. The molecule has 2 N–H and O–H groups in total. The van der Waals surface area contributed by atoms with Crippen molar-refractivity contribution < 1.29 is 4.74 Å². The monoisotopic (exact) mass is 255 g/mol. The molecule has 0 aromatic heterocycles. The second kappa shape index (κ2) is 6.33. The van der Waals surface area contributed by atoms with Gasteiger partial charge in [-0.2, -0.15) is 0 Å². The maximum atomic E-state index is 6.05. The third-order valence-electron chi connectivity index (χ3n) is 4.46. The third kappa shape index (κ3) is 3.23. The van der Waals surface area contributed by atoms with E-state index in [-0.39, 0.29) is 0 Å². The highest BCUT2D eigenvalue weighted by molar-refractivity contribution is 4.89. The van der Waals surface area contributed by atoms with Crippen LogP contribution in [0.5, 0.6) is 0 Å². The van der Waals surface area contributed by atoms with Crippen LogP contribution in [-0.4, -0.2) is 67.3 Å². The molecule has 4 unspecified atom stereocenters. The lowest BCUT2D eigenvalue weighted by Gasteiger charge is -2.38. The van der Waals surface area contributed by atoms with Gasteiger partial charge in [0, 0.05) is 31.7 Å². The molecule has 0 radical (unpaired) electrons. The van der Waals surface area contributed by atoms with Gasteiger partial charge < -0.3 is 15.4 Å². The van der Waals surface area contributed by atoms with Gasteiger partial charge in [-0.1, -0.05) is 0 Å². The van der Waals surface area contributed by atoms with Gasteiger partial charge in [0.15, 0.2) is 0 Å². The van der Waals surface area contributed by atoms with E-state index in [2.05, 4.69) is 30.7 Å². The van der Waals surface area contributed by atoms with Gasteiger partial charge in [-0.15, -0.1) is 0 Å². The lowest BCUT2D eigenvalue weighted by Crippen LogP contribution is -2.53. The van der Waals surface area contributed by atoms with Crippen molar-refractivity contribution in [1.29, 1.82) is 0 Å².